The molecule has 0 aliphatic carbocycles. The standard InChI is InChI=1S/C10H13O.Y/c1-8-6-4-5-7-10(8)9(2)11-3;/h4-7,9H,1H2,2-3H3;/q-1;+3. The zero-order valence-corrected chi connectivity index (χ0v) is 10.4. The molecule has 0 spiro atoms. The topological polar surface area (TPSA) is 9.23 Å². The summed E-state index contributed by atoms with van der Waals surface area (Å²) >= 11 is 0. The van der Waals surface area contributed by atoms with Gasteiger partial charge in [0, 0.05) is 13.2 Å². The van der Waals surface area contributed by atoms with Gasteiger partial charge < -0.3 is 4.74 Å². The summed E-state index contributed by atoms with van der Waals surface area (Å²) in [5.74, 6) is 0. The molecule has 1 atom stereocenters. The van der Waals surface area contributed by atoms with E-state index in [0.717, 1.165) is 11.1 Å². The van der Waals surface area contributed by atoms with E-state index in [0.29, 0.717) is 0 Å². The Hall–Kier alpha value is 0.154. The first-order valence-electron chi connectivity index (χ1n) is 3.69. The zero-order chi connectivity index (χ0) is 8.27. The average Bonchev–Trinajstić information content (AvgIpc) is 2.04. The second kappa shape index (κ2) is 5.74. The molecule has 0 amide bonds. The molecule has 2 heteroatoms. The molecule has 0 N–H and O–H groups in total. The van der Waals surface area contributed by atoms with E-state index in [4.69, 9.17) is 4.74 Å². The van der Waals surface area contributed by atoms with E-state index in [-0.39, 0.29) is 38.8 Å². The van der Waals surface area contributed by atoms with Crippen molar-refractivity contribution < 1.29 is 37.4 Å². The largest absolute Gasteiger partial charge is 3.00 e. The zero-order valence-electron chi connectivity index (χ0n) is 7.58. The van der Waals surface area contributed by atoms with Crippen LogP contribution in [0.5, 0.6) is 0 Å². The van der Waals surface area contributed by atoms with Crippen LogP contribution in [0.4, 0.5) is 0 Å². The minimum absolute atomic E-state index is 0. The van der Waals surface area contributed by atoms with Crippen LogP contribution in [0.2, 0.25) is 0 Å². The molecule has 0 aliphatic heterocycles. The molecular formula is C10H13OY+2. The van der Waals surface area contributed by atoms with Gasteiger partial charge in [0.1, 0.15) is 0 Å². The maximum atomic E-state index is 5.18. The molecule has 1 aromatic carbocycles. The van der Waals surface area contributed by atoms with Gasteiger partial charge in [0.2, 0.25) is 0 Å². The van der Waals surface area contributed by atoms with Gasteiger partial charge in [-0.05, 0) is 6.92 Å². The molecule has 0 aliphatic rings. The van der Waals surface area contributed by atoms with Crippen molar-refractivity contribution in [3.05, 3.63) is 42.3 Å². The van der Waals surface area contributed by atoms with Gasteiger partial charge in [-0.1, -0.05) is 6.07 Å². The first-order chi connectivity index (χ1) is 5.25. The van der Waals surface area contributed by atoms with E-state index in [2.05, 4.69) is 6.92 Å². The third-order valence-corrected chi connectivity index (χ3v) is 1.85. The molecule has 0 radical (unpaired) electrons. The van der Waals surface area contributed by atoms with Crippen LogP contribution in [0.3, 0.4) is 0 Å². The Kier molecular flexibility index (Phi) is 5.81. The second-order valence-corrected chi connectivity index (χ2v) is 2.58. The van der Waals surface area contributed by atoms with Gasteiger partial charge in [-0.25, -0.2) is 0 Å². The molecule has 1 aromatic rings. The van der Waals surface area contributed by atoms with Crippen molar-refractivity contribution in [1.82, 2.24) is 0 Å². The molecular weight excluding hydrogens is 225 g/mol. The third kappa shape index (κ3) is 2.89. The van der Waals surface area contributed by atoms with Crippen LogP contribution in [0, 0.1) is 6.92 Å². The van der Waals surface area contributed by atoms with Crippen molar-refractivity contribution in [1.29, 1.82) is 0 Å². The van der Waals surface area contributed by atoms with Crippen molar-refractivity contribution in [2.24, 2.45) is 0 Å². The SMILES string of the molecule is [CH2-]c1ccccc1C(C)OC.[Y+3]. The monoisotopic (exact) mass is 238 g/mol. The minimum atomic E-state index is 0. The molecule has 0 saturated carbocycles. The quantitative estimate of drug-likeness (QED) is 0.719. The average molecular weight is 238 g/mol. The predicted molar refractivity (Wildman–Crippen MR) is 46.3 cm³/mol. The maximum Gasteiger partial charge on any atom is 3.00 e. The summed E-state index contributed by atoms with van der Waals surface area (Å²) in [6.45, 7) is 5.93. The second-order valence-electron chi connectivity index (χ2n) is 2.58. The Balaban J connectivity index is 0.00000121. The number of ether oxygens (including phenoxy) is 1. The molecule has 1 nitrogen and oxygen atoms in total. The number of benzene rings is 1. The maximum absolute atomic E-state index is 5.18. The van der Waals surface area contributed by atoms with Gasteiger partial charge in [-0.2, -0.15) is 18.6 Å². The summed E-state index contributed by atoms with van der Waals surface area (Å²) in [7, 11) is 1.71. The molecule has 0 fully saturated rings. The van der Waals surface area contributed by atoms with Gasteiger partial charge >= 0.3 is 32.7 Å². The summed E-state index contributed by atoms with van der Waals surface area (Å²) in [6.07, 6.45) is 0.142. The van der Waals surface area contributed by atoms with Crippen LogP contribution in [0.25, 0.3) is 0 Å². The van der Waals surface area contributed by atoms with Gasteiger partial charge in [-0.3, -0.25) is 0 Å². The summed E-state index contributed by atoms with van der Waals surface area (Å²) in [5.41, 5.74) is 2.21. The number of rotatable bonds is 2. The van der Waals surface area contributed by atoms with Crippen LogP contribution >= 0.6 is 0 Å². The van der Waals surface area contributed by atoms with Crippen molar-refractivity contribution in [3.8, 4) is 0 Å². The van der Waals surface area contributed by atoms with Crippen LogP contribution < -0.4 is 0 Å². The van der Waals surface area contributed by atoms with Gasteiger partial charge in [-0.15, -0.1) is 17.7 Å². The molecule has 60 valence electrons. The molecule has 0 bridgehead atoms. The fourth-order valence-electron chi connectivity index (χ4n) is 1.06. The van der Waals surface area contributed by atoms with Crippen LogP contribution in [0.15, 0.2) is 24.3 Å². The molecule has 0 heterocycles. The van der Waals surface area contributed by atoms with E-state index in [1.54, 1.807) is 7.11 Å². The van der Waals surface area contributed by atoms with Gasteiger partial charge in [0.05, 0.1) is 0 Å². The number of methoxy groups -OCH3 is 1. The van der Waals surface area contributed by atoms with Crippen LogP contribution in [-0.2, 0) is 37.4 Å². The normalized spacial score (nSPS) is 11.8. The van der Waals surface area contributed by atoms with E-state index >= 15 is 0 Å². The Bertz CT molecular complexity index is 235. The van der Waals surface area contributed by atoms with E-state index in [9.17, 15) is 0 Å². The smallest absolute Gasteiger partial charge is 0.389 e. The summed E-state index contributed by atoms with van der Waals surface area (Å²) in [6, 6.07) is 8.01. The third-order valence-electron chi connectivity index (χ3n) is 1.85. The molecule has 1 rings (SSSR count). The number of hydrogen-bond acceptors (Lipinski definition) is 1. The number of hydrogen-bond donors (Lipinski definition) is 0. The Labute approximate surface area is 99.4 Å². The fourth-order valence-corrected chi connectivity index (χ4v) is 1.06. The fraction of sp³-hybridized carbons (Fsp3) is 0.300. The van der Waals surface area contributed by atoms with E-state index in [1.807, 2.05) is 31.2 Å². The predicted octanol–water partition coefficient (Wildman–Crippen LogP) is 2.57. The van der Waals surface area contributed by atoms with Crippen molar-refractivity contribution in [2.75, 3.05) is 7.11 Å². The van der Waals surface area contributed by atoms with Crippen molar-refractivity contribution in [3.63, 3.8) is 0 Å². The van der Waals surface area contributed by atoms with Gasteiger partial charge in [0.15, 0.2) is 0 Å². The molecule has 1 unspecified atom stereocenters. The molecule has 12 heavy (non-hydrogen) atoms. The van der Waals surface area contributed by atoms with Crippen LogP contribution in [0.1, 0.15) is 24.2 Å². The van der Waals surface area contributed by atoms with Crippen molar-refractivity contribution >= 4 is 0 Å². The molecule has 0 aromatic heterocycles. The Morgan fingerprint density at radius 1 is 1.33 bits per heavy atom. The Morgan fingerprint density at radius 3 is 2.42 bits per heavy atom. The van der Waals surface area contributed by atoms with Crippen molar-refractivity contribution in [2.45, 2.75) is 13.0 Å². The minimum Gasteiger partial charge on any atom is -0.389 e. The summed E-state index contributed by atoms with van der Waals surface area (Å²) in [5, 5.41) is 0. The first kappa shape index (κ1) is 12.2. The summed E-state index contributed by atoms with van der Waals surface area (Å²) < 4.78 is 5.18. The molecule has 0 saturated heterocycles. The Morgan fingerprint density at radius 2 is 1.92 bits per heavy atom. The summed E-state index contributed by atoms with van der Waals surface area (Å²) in [4.78, 5) is 0. The van der Waals surface area contributed by atoms with E-state index < -0.39 is 0 Å². The first-order valence-corrected chi connectivity index (χ1v) is 3.69. The van der Waals surface area contributed by atoms with E-state index in [1.165, 1.54) is 0 Å². The van der Waals surface area contributed by atoms with Crippen LogP contribution in [-0.4, -0.2) is 7.11 Å². The van der Waals surface area contributed by atoms with Gasteiger partial charge in [0.25, 0.3) is 0 Å².